The molecule has 0 atom stereocenters. The van der Waals surface area contributed by atoms with Crippen LogP contribution in [-0.2, 0) is 0 Å². The number of benzene rings is 2. The van der Waals surface area contributed by atoms with Crippen LogP contribution in [0, 0.1) is 13.8 Å². The normalized spacial score (nSPS) is 10.6. The van der Waals surface area contributed by atoms with E-state index in [9.17, 15) is 0 Å². The summed E-state index contributed by atoms with van der Waals surface area (Å²) in [7, 11) is 1.67. The summed E-state index contributed by atoms with van der Waals surface area (Å²) in [6.45, 7) is 4.09. The molecule has 1 N–H and O–H groups in total. The van der Waals surface area contributed by atoms with Gasteiger partial charge in [0.2, 0.25) is 0 Å². The van der Waals surface area contributed by atoms with Crippen LogP contribution in [0.4, 0.5) is 11.4 Å². The Hall–Kier alpha value is -2.55. The minimum Gasteiger partial charge on any atom is -0.497 e. The second-order valence-corrected chi connectivity index (χ2v) is 5.19. The number of nitrogens with one attached hydrogen (secondary N) is 1. The highest BCUT2D eigenvalue weighted by Gasteiger charge is 2.06. The van der Waals surface area contributed by atoms with Crippen molar-refractivity contribution < 1.29 is 4.74 Å². The summed E-state index contributed by atoms with van der Waals surface area (Å²) in [6, 6.07) is 16.4. The maximum Gasteiger partial charge on any atom is 0.121 e. The number of aryl methyl sites for hydroxylation is 2. The number of pyridine rings is 1. The standard InChI is InChI=1S/C18H18N2O/c1-12-5-4-6-14(9-12)20-17-10-13(2)19-18-11-15(21-3)7-8-16(17)18/h4-11H,1-3H3,(H,19,20). The Kier molecular flexibility index (Phi) is 3.48. The van der Waals surface area contributed by atoms with Crippen LogP contribution in [0.5, 0.6) is 5.75 Å². The predicted octanol–water partition coefficient (Wildman–Crippen LogP) is 4.60. The van der Waals surface area contributed by atoms with Crippen molar-refractivity contribution in [1.29, 1.82) is 0 Å². The summed E-state index contributed by atoms with van der Waals surface area (Å²) in [5.41, 5.74) is 5.29. The number of nitrogens with zero attached hydrogens (tertiary/aromatic N) is 1. The van der Waals surface area contributed by atoms with Crippen LogP contribution in [0.3, 0.4) is 0 Å². The summed E-state index contributed by atoms with van der Waals surface area (Å²) >= 11 is 0. The van der Waals surface area contributed by atoms with E-state index in [-0.39, 0.29) is 0 Å². The zero-order valence-corrected chi connectivity index (χ0v) is 12.5. The number of aromatic nitrogens is 1. The molecule has 3 heteroatoms. The van der Waals surface area contributed by atoms with Gasteiger partial charge in [0.1, 0.15) is 5.75 Å². The third-order valence-corrected chi connectivity index (χ3v) is 3.44. The number of anilines is 2. The molecule has 0 radical (unpaired) electrons. The quantitative estimate of drug-likeness (QED) is 0.760. The van der Waals surface area contributed by atoms with Crippen LogP contribution in [0.25, 0.3) is 10.9 Å². The summed E-state index contributed by atoms with van der Waals surface area (Å²) < 4.78 is 5.28. The smallest absolute Gasteiger partial charge is 0.121 e. The first kappa shape index (κ1) is 13.4. The van der Waals surface area contributed by atoms with Crippen molar-refractivity contribution in [3.05, 3.63) is 59.8 Å². The number of ether oxygens (including phenoxy) is 1. The number of hydrogen-bond acceptors (Lipinski definition) is 3. The van der Waals surface area contributed by atoms with E-state index in [1.54, 1.807) is 7.11 Å². The SMILES string of the molecule is COc1ccc2c(Nc3cccc(C)c3)cc(C)nc2c1. The molecular weight excluding hydrogens is 260 g/mol. The Bertz CT molecular complexity index is 796. The maximum absolute atomic E-state index is 5.28. The van der Waals surface area contributed by atoms with Crippen molar-refractivity contribution in [2.75, 3.05) is 12.4 Å². The summed E-state index contributed by atoms with van der Waals surface area (Å²) in [6.07, 6.45) is 0. The summed E-state index contributed by atoms with van der Waals surface area (Å²) in [4.78, 5) is 4.58. The van der Waals surface area contributed by atoms with Gasteiger partial charge in [-0.2, -0.15) is 0 Å². The molecule has 0 bridgehead atoms. The third-order valence-electron chi connectivity index (χ3n) is 3.44. The van der Waals surface area contributed by atoms with Gasteiger partial charge in [-0.3, -0.25) is 4.98 Å². The van der Waals surface area contributed by atoms with E-state index < -0.39 is 0 Å². The van der Waals surface area contributed by atoms with E-state index in [4.69, 9.17) is 4.74 Å². The third kappa shape index (κ3) is 2.82. The van der Waals surface area contributed by atoms with Crippen molar-refractivity contribution in [2.24, 2.45) is 0 Å². The molecule has 3 rings (SSSR count). The number of hydrogen-bond donors (Lipinski definition) is 1. The fourth-order valence-electron chi connectivity index (χ4n) is 2.45. The second-order valence-electron chi connectivity index (χ2n) is 5.19. The molecule has 0 spiro atoms. The lowest BCUT2D eigenvalue weighted by Crippen LogP contribution is -1.95. The van der Waals surface area contributed by atoms with Crippen LogP contribution in [0.15, 0.2) is 48.5 Å². The molecule has 0 saturated heterocycles. The van der Waals surface area contributed by atoms with Gasteiger partial charge in [-0.15, -0.1) is 0 Å². The van der Waals surface area contributed by atoms with E-state index in [2.05, 4.69) is 47.6 Å². The lowest BCUT2D eigenvalue weighted by atomic mass is 10.1. The molecular formula is C18H18N2O. The highest BCUT2D eigenvalue weighted by Crippen LogP contribution is 2.29. The first-order chi connectivity index (χ1) is 10.2. The minimum absolute atomic E-state index is 0.821. The number of methoxy groups -OCH3 is 1. The van der Waals surface area contributed by atoms with E-state index >= 15 is 0 Å². The van der Waals surface area contributed by atoms with Gasteiger partial charge >= 0.3 is 0 Å². The van der Waals surface area contributed by atoms with Crippen molar-refractivity contribution in [2.45, 2.75) is 13.8 Å². The molecule has 0 amide bonds. The molecule has 0 unspecified atom stereocenters. The van der Waals surface area contributed by atoms with Gasteiger partial charge in [-0.1, -0.05) is 12.1 Å². The van der Waals surface area contributed by atoms with E-state index in [1.807, 2.05) is 25.1 Å². The topological polar surface area (TPSA) is 34.1 Å². The highest BCUT2D eigenvalue weighted by atomic mass is 16.5. The van der Waals surface area contributed by atoms with Crippen molar-refractivity contribution in [3.8, 4) is 5.75 Å². The van der Waals surface area contributed by atoms with Crippen LogP contribution >= 0.6 is 0 Å². The lowest BCUT2D eigenvalue weighted by molar-refractivity contribution is 0.415. The summed E-state index contributed by atoms with van der Waals surface area (Å²) in [5.74, 6) is 0.821. The fraction of sp³-hybridized carbons (Fsp3) is 0.167. The maximum atomic E-state index is 5.28. The average Bonchev–Trinajstić information content (AvgIpc) is 2.46. The van der Waals surface area contributed by atoms with Gasteiger partial charge in [0.05, 0.1) is 12.6 Å². The highest BCUT2D eigenvalue weighted by molar-refractivity contribution is 5.94. The van der Waals surface area contributed by atoms with Crippen molar-refractivity contribution >= 4 is 22.3 Å². The van der Waals surface area contributed by atoms with Gasteiger partial charge < -0.3 is 10.1 Å². The zero-order chi connectivity index (χ0) is 14.8. The molecule has 21 heavy (non-hydrogen) atoms. The van der Waals surface area contributed by atoms with Gasteiger partial charge in [-0.05, 0) is 49.7 Å². The second kappa shape index (κ2) is 5.44. The Morgan fingerprint density at radius 1 is 1.00 bits per heavy atom. The first-order valence-electron chi connectivity index (χ1n) is 6.95. The molecule has 1 heterocycles. The minimum atomic E-state index is 0.821. The number of rotatable bonds is 3. The van der Waals surface area contributed by atoms with E-state index in [0.29, 0.717) is 0 Å². The van der Waals surface area contributed by atoms with Gasteiger partial charge in [0.25, 0.3) is 0 Å². The predicted molar refractivity (Wildman–Crippen MR) is 87.5 cm³/mol. The van der Waals surface area contributed by atoms with Gasteiger partial charge in [0.15, 0.2) is 0 Å². The largest absolute Gasteiger partial charge is 0.497 e. The van der Waals surface area contributed by atoms with Crippen molar-refractivity contribution in [3.63, 3.8) is 0 Å². The summed E-state index contributed by atoms with van der Waals surface area (Å²) in [5, 5.41) is 4.57. The van der Waals surface area contributed by atoms with Crippen LogP contribution in [0.1, 0.15) is 11.3 Å². The molecule has 0 aliphatic carbocycles. The van der Waals surface area contributed by atoms with Crippen LogP contribution in [-0.4, -0.2) is 12.1 Å². The Morgan fingerprint density at radius 3 is 2.62 bits per heavy atom. The fourth-order valence-corrected chi connectivity index (χ4v) is 2.45. The first-order valence-corrected chi connectivity index (χ1v) is 6.95. The molecule has 106 valence electrons. The van der Waals surface area contributed by atoms with E-state index in [1.165, 1.54) is 5.56 Å². The van der Waals surface area contributed by atoms with Crippen LogP contribution < -0.4 is 10.1 Å². The van der Waals surface area contributed by atoms with Gasteiger partial charge in [0, 0.05) is 28.5 Å². The monoisotopic (exact) mass is 278 g/mol. The molecule has 0 saturated carbocycles. The molecule has 0 fully saturated rings. The van der Waals surface area contributed by atoms with Crippen LogP contribution in [0.2, 0.25) is 0 Å². The zero-order valence-electron chi connectivity index (χ0n) is 12.5. The molecule has 3 aromatic rings. The van der Waals surface area contributed by atoms with Crippen molar-refractivity contribution in [1.82, 2.24) is 4.98 Å². The van der Waals surface area contributed by atoms with Gasteiger partial charge in [-0.25, -0.2) is 0 Å². The Labute approximate surface area is 124 Å². The molecule has 0 aliphatic heterocycles. The lowest BCUT2D eigenvalue weighted by Gasteiger charge is -2.12. The molecule has 0 aliphatic rings. The molecule has 2 aromatic carbocycles. The Morgan fingerprint density at radius 2 is 1.86 bits per heavy atom. The molecule has 3 nitrogen and oxygen atoms in total. The van der Waals surface area contributed by atoms with E-state index in [0.717, 1.165) is 33.7 Å². The Balaban J connectivity index is 2.09. The molecule has 1 aromatic heterocycles. The average molecular weight is 278 g/mol. The number of fused-ring (bicyclic) bond motifs is 1.